The highest BCUT2D eigenvalue weighted by atomic mass is 19.4. The molecule has 1 amide bonds. The Morgan fingerprint density at radius 2 is 1.93 bits per heavy atom. The predicted octanol–water partition coefficient (Wildman–Crippen LogP) is 2.69. The number of carbonyl (C=O) groups excluding carboxylic acids is 1. The molecule has 0 bridgehead atoms. The molecule has 0 saturated heterocycles. The van der Waals surface area contributed by atoms with E-state index >= 15 is 0 Å². The summed E-state index contributed by atoms with van der Waals surface area (Å²) < 4.78 is 38.8. The minimum atomic E-state index is -4.41. The zero-order chi connectivity index (χ0) is 19.6. The lowest BCUT2D eigenvalue weighted by Crippen LogP contribution is -2.35. The molecule has 0 aliphatic carbocycles. The van der Waals surface area contributed by atoms with Crippen molar-refractivity contribution in [1.82, 2.24) is 20.1 Å². The van der Waals surface area contributed by atoms with Crippen molar-refractivity contribution >= 4 is 16.8 Å². The average molecular weight is 376 g/mol. The molecule has 0 aliphatic rings. The highest BCUT2D eigenvalue weighted by molar-refractivity contribution is 5.78. The summed E-state index contributed by atoms with van der Waals surface area (Å²) in [6.45, 7) is 1.33. The lowest BCUT2D eigenvalue weighted by Gasteiger charge is -2.16. The van der Waals surface area contributed by atoms with Crippen LogP contribution in [-0.4, -0.2) is 20.7 Å². The monoisotopic (exact) mass is 376 g/mol. The molecule has 0 radical (unpaired) electrons. The van der Waals surface area contributed by atoms with Crippen molar-refractivity contribution in [2.45, 2.75) is 25.7 Å². The van der Waals surface area contributed by atoms with Gasteiger partial charge in [0.15, 0.2) is 0 Å². The molecule has 1 N–H and O–H groups in total. The van der Waals surface area contributed by atoms with Gasteiger partial charge in [0.1, 0.15) is 6.54 Å². The van der Waals surface area contributed by atoms with Crippen molar-refractivity contribution in [3.05, 3.63) is 70.3 Å². The maximum atomic E-state index is 12.6. The Hall–Kier alpha value is -3.23. The second-order valence-corrected chi connectivity index (χ2v) is 5.95. The molecule has 0 saturated carbocycles. The number of nitrogens with one attached hydrogen (secondary N) is 1. The average Bonchev–Trinajstić information content (AvgIpc) is 2.63. The summed E-state index contributed by atoms with van der Waals surface area (Å²) in [6.07, 6.45) is -1.49. The summed E-state index contributed by atoms with van der Waals surface area (Å²) in [5.74, 6) is -0.486. The van der Waals surface area contributed by atoms with Crippen LogP contribution < -0.4 is 10.9 Å². The first-order chi connectivity index (χ1) is 12.8. The van der Waals surface area contributed by atoms with Crippen molar-refractivity contribution < 1.29 is 18.0 Å². The summed E-state index contributed by atoms with van der Waals surface area (Å²) >= 11 is 0. The molecule has 2 aromatic heterocycles. The zero-order valence-electron chi connectivity index (χ0n) is 14.2. The SMILES string of the molecule is C[C@H](NC(=O)Cn1ncc2ncccc2c1=O)c1ccc(C(F)(F)F)cc1. The number of hydrogen-bond acceptors (Lipinski definition) is 4. The Balaban J connectivity index is 1.70. The molecular weight excluding hydrogens is 361 g/mol. The second-order valence-electron chi connectivity index (χ2n) is 5.95. The second kappa shape index (κ2) is 7.18. The van der Waals surface area contributed by atoms with Gasteiger partial charge < -0.3 is 5.32 Å². The first-order valence-corrected chi connectivity index (χ1v) is 8.03. The molecule has 2 heterocycles. The van der Waals surface area contributed by atoms with Gasteiger partial charge in [-0.3, -0.25) is 14.6 Å². The third-order valence-corrected chi connectivity index (χ3v) is 4.03. The number of pyridine rings is 1. The summed E-state index contributed by atoms with van der Waals surface area (Å²) in [4.78, 5) is 28.5. The van der Waals surface area contributed by atoms with Crippen molar-refractivity contribution in [2.75, 3.05) is 0 Å². The van der Waals surface area contributed by atoms with Crippen LogP contribution in [-0.2, 0) is 17.5 Å². The van der Waals surface area contributed by atoms with E-state index in [9.17, 15) is 22.8 Å². The van der Waals surface area contributed by atoms with Gasteiger partial charge in [-0.1, -0.05) is 12.1 Å². The molecule has 0 aliphatic heterocycles. The Morgan fingerprint density at radius 1 is 1.22 bits per heavy atom. The lowest BCUT2D eigenvalue weighted by molar-refractivity contribution is -0.137. The van der Waals surface area contributed by atoms with E-state index in [4.69, 9.17) is 0 Å². The van der Waals surface area contributed by atoms with E-state index in [-0.39, 0.29) is 6.54 Å². The molecule has 140 valence electrons. The molecule has 6 nitrogen and oxygen atoms in total. The van der Waals surface area contributed by atoms with Gasteiger partial charge in [-0.15, -0.1) is 0 Å². The molecule has 1 aromatic carbocycles. The van der Waals surface area contributed by atoms with Crippen molar-refractivity contribution in [3.8, 4) is 0 Å². The van der Waals surface area contributed by atoms with Crippen LogP contribution in [0.1, 0.15) is 24.1 Å². The molecule has 1 atom stereocenters. The van der Waals surface area contributed by atoms with Crippen molar-refractivity contribution in [3.63, 3.8) is 0 Å². The molecule has 27 heavy (non-hydrogen) atoms. The predicted molar refractivity (Wildman–Crippen MR) is 91.8 cm³/mol. The Labute approximate surface area is 151 Å². The quantitative estimate of drug-likeness (QED) is 0.760. The molecule has 3 rings (SSSR count). The number of halogens is 3. The summed E-state index contributed by atoms with van der Waals surface area (Å²) in [5.41, 5.74) is -0.264. The number of carbonyl (C=O) groups is 1. The number of alkyl halides is 3. The van der Waals surface area contributed by atoms with E-state index in [1.54, 1.807) is 19.1 Å². The Morgan fingerprint density at radius 3 is 2.59 bits per heavy atom. The van der Waals surface area contributed by atoms with Crippen LogP contribution >= 0.6 is 0 Å². The van der Waals surface area contributed by atoms with E-state index in [2.05, 4.69) is 15.4 Å². The van der Waals surface area contributed by atoms with Gasteiger partial charge in [0.25, 0.3) is 5.56 Å². The van der Waals surface area contributed by atoms with Crippen molar-refractivity contribution in [1.29, 1.82) is 0 Å². The third kappa shape index (κ3) is 4.13. The van der Waals surface area contributed by atoms with Crippen LogP contribution in [0.25, 0.3) is 10.9 Å². The first-order valence-electron chi connectivity index (χ1n) is 8.03. The molecular formula is C18H15F3N4O2. The fourth-order valence-corrected chi connectivity index (χ4v) is 2.60. The lowest BCUT2D eigenvalue weighted by atomic mass is 10.1. The van der Waals surface area contributed by atoms with Crippen molar-refractivity contribution in [2.24, 2.45) is 0 Å². The number of hydrogen-bond donors (Lipinski definition) is 1. The standard InChI is InChI=1S/C18H15F3N4O2/c1-11(12-4-6-13(7-5-12)18(19,20)21)24-16(26)10-25-17(27)14-3-2-8-22-15(14)9-23-25/h2-9,11H,10H2,1H3,(H,24,26)/t11-/m0/s1. The fraction of sp³-hybridized carbons (Fsp3) is 0.222. The first kappa shape index (κ1) is 18.6. The maximum absolute atomic E-state index is 12.6. The number of rotatable bonds is 4. The maximum Gasteiger partial charge on any atom is 0.416 e. The van der Waals surface area contributed by atoms with E-state index < -0.39 is 29.2 Å². The van der Waals surface area contributed by atoms with Crippen LogP contribution in [0.2, 0.25) is 0 Å². The van der Waals surface area contributed by atoms with Crippen LogP contribution in [0.4, 0.5) is 13.2 Å². The zero-order valence-corrected chi connectivity index (χ0v) is 14.2. The smallest absolute Gasteiger partial charge is 0.348 e. The minimum absolute atomic E-state index is 0.311. The Bertz CT molecular complexity index is 1030. The number of benzene rings is 1. The van der Waals surface area contributed by atoms with Gasteiger partial charge in [0.2, 0.25) is 5.91 Å². The van der Waals surface area contributed by atoms with Gasteiger partial charge in [0, 0.05) is 6.20 Å². The van der Waals surface area contributed by atoms with E-state index in [0.29, 0.717) is 16.5 Å². The normalized spacial score (nSPS) is 12.7. The Kier molecular flexibility index (Phi) is 4.93. The third-order valence-electron chi connectivity index (χ3n) is 4.03. The number of amides is 1. The number of nitrogens with zero attached hydrogens (tertiary/aromatic N) is 3. The molecule has 0 unspecified atom stereocenters. The molecule has 0 spiro atoms. The summed E-state index contributed by atoms with van der Waals surface area (Å²) in [5, 5.41) is 6.91. The summed E-state index contributed by atoms with van der Waals surface area (Å²) in [6, 6.07) is 7.20. The van der Waals surface area contributed by atoms with Gasteiger partial charge in [-0.2, -0.15) is 18.3 Å². The van der Waals surface area contributed by atoms with Crippen LogP contribution in [0.3, 0.4) is 0 Å². The fourth-order valence-electron chi connectivity index (χ4n) is 2.60. The highest BCUT2D eigenvalue weighted by Gasteiger charge is 2.30. The minimum Gasteiger partial charge on any atom is -0.348 e. The van der Waals surface area contributed by atoms with E-state index in [0.717, 1.165) is 16.8 Å². The highest BCUT2D eigenvalue weighted by Crippen LogP contribution is 2.29. The van der Waals surface area contributed by atoms with E-state index in [1.165, 1.54) is 24.5 Å². The number of aromatic nitrogens is 3. The molecule has 9 heteroatoms. The van der Waals surface area contributed by atoms with Gasteiger partial charge in [-0.25, -0.2) is 4.68 Å². The largest absolute Gasteiger partial charge is 0.416 e. The van der Waals surface area contributed by atoms with Gasteiger partial charge in [-0.05, 0) is 36.8 Å². The van der Waals surface area contributed by atoms with Crippen LogP contribution in [0, 0.1) is 0 Å². The van der Waals surface area contributed by atoms with Crippen LogP contribution in [0.15, 0.2) is 53.6 Å². The molecule has 3 aromatic rings. The van der Waals surface area contributed by atoms with Gasteiger partial charge >= 0.3 is 6.18 Å². The topological polar surface area (TPSA) is 76.9 Å². The van der Waals surface area contributed by atoms with Gasteiger partial charge in [0.05, 0.1) is 28.7 Å². The molecule has 0 fully saturated rings. The number of fused-ring (bicyclic) bond motifs is 1. The van der Waals surface area contributed by atoms with Crippen LogP contribution in [0.5, 0.6) is 0 Å². The summed E-state index contributed by atoms with van der Waals surface area (Å²) in [7, 11) is 0. The van der Waals surface area contributed by atoms with E-state index in [1.807, 2.05) is 0 Å².